The quantitative estimate of drug-likeness (QED) is 0.858. The van der Waals surface area contributed by atoms with Gasteiger partial charge in [-0.3, -0.25) is 4.68 Å². The first-order valence-corrected chi connectivity index (χ1v) is 10.3. The zero-order valence-electron chi connectivity index (χ0n) is 16.9. The molecule has 1 atom stereocenters. The number of aryl methyl sites for hydroxylation is 1. The number of ether oxygens (including phenoxy) is 1. The van der Waals surface area contributed by atoms with E-state index >= 15 is 0 Å². The van der Waals surface area contributed by atoms with E-state index in [0.717, 1.165) is 43.7 Å². The Hall–Kier alpha value is -2.50. The molecule has 150 valence electrons. The second kappa shape index (κ2) is 7.86. The molecule has 4 rings (SSSR count). The Morgan fingerprint density at radius 2 is 2.18 bits per heavy atom. The zero-order chi connectivity index (χ0) is 19.6. The van der Waals surface area contributed by atoms with Crippen molar-refractivity contribution in [2.24, 2.45) is 0 Å². The number of nitrogens with zero attached hydrogens (tertiary/aromatic N) is 3. The third kappa shape index (κ3) is 3.73. The van der Waals surface area contributed by atoms with Crippen LogP contribution >= 0.6 is 0 Å². The number of nitrogens with one attached hydrogen (secondary N) is 1. The molecule has 0 spiro atoms. The van der Waals surface area contributed by atoms with Crippen LogP contribution in [-0.4, -0.2) is 47.5 Å². The van der Waals surface area contributed by atoms with Crippen LogP contribution in [0.4, 0.5) is 4.79 Å². The Bertz CT molecular complexity index is 825. The summed E-state index contributed by atoms with van der Waals surface area (Å²) in [5, 5.41) is 7.65. The molecule has 28 heavy (non-hydrogen) atoms. The van der Waals surface area contributed by atoms with Crippen LogP contribution in [-0.2, 0) is 5.41 Å². The summed E-state index contributed by atoms with van der Waals surface area (Å²) in [4.78, 5) is 14.8. The molecular formula is C22H30N4O2. The second-order valence-corrected chi connectivity index (χ2v) is 8.26. The van der Waals surface area contributed by atoms with Crippen molar-refractivity contribution in [3.8, 4) is 5.75 Å². The summed E-state index contributed by atoms with van der Waals surface area (Å²) >= 11 is 0. The lowest BCUT2D eigenvalue weighted by Gasteiger charge is -2.31. The van der Waals surface area contributed by atoms with Crippen molar-refractivity contribution < 1.29 is 9.53 Å². The predicted molar refractivity (Wildman–Crippen MR) is 109 cm³/mol. The van der Waals surface area contributed by atoms with Crippen LogP contribution in [0.1, 0.15) is 49.3 Å². The lowest BCUT2D eigenvalue weighted by atomic mass is 9.78. The van der Waals surface area contributed by atoms with Crippen molar-refractivity contribution in [3.63, 3.8) is 0 Å². The molecule has 1 unspecified atom stereocenters. The molecule has 1 N–H and O–H groups in total. The van der Waals surface area contributed by atoms with Gasteiger partial charge in [-0.1, -0.05) is 25.0 Å². The lowest BCUT2D eigenvalue weighted by Crippen LogP contribution is -2.45. The smallest absolute Gasteiger partial charge is 0.317 e. The summed E-state index contributed by atoms with van der Waals surface area (Å²) < 4.78 is 7.42. The minimum Gasteiger partial charge on any atom is -0.497 e. The maximum Gasteiger partial charge on any atom is 0.317 e. The fourth-order valence-electron chi connectivity index (χ4n) is 4.70. The van der Waals surface area contributed by atoms with Gasteiger partial charge in [0.05, 0.1) is 19.3 Å². The van der Waals surface area contributed by atoms with Gasteiger partial charge in [0.1, 0.15) is 5.75 Å². The normalized spacial score (nSPS) is 21.1. The number of likely N-dealkylation sites (tertiary alicyclic amines) is 1. The van der Waals surface area contributed by atoms with Crippen LogP contribution in [0.25, 0.3) is 0 Å². The number of hydrogen-bond acceptors (Lipinski definition) is 3. The third-order valence-electron chi connectivity index (χ3n) is 6.38. The Morgan fingerprint density at radius 3 is 2.89 bits per heavy atom. The molecule has 1 aliphatic carbocycles. The van der Waals surface area contributed by atoms with Crippen LogP contribution in [0.15, 0.2) is 36.7 Å². The van der Waals surface area contributed by atoms with Gasteiger partial charge in [-0.25, -0.2) is 4.79 Å². The highest BCUT2D eigenvalue weighted by Crippen LogP contribution is 2.41. The van der Waals surface area contributed by atoms with E-state index in [1.807, 2.05) is 34.8 Å². The number of carbonyl (C=O) groups excluding carboxylic acids is 1. The molecule has 2 aliphatic rings. The SMILES string of the molecule is COc1cccc(C2(CNC(=O)N3CCC(n4cc(C)cn4)C3)CCCC2)c1. The molecule has 6 nitrogen and oxygen atoms in total. The van der Waals surface area contributed by atoms with Crippen molar-refractivity contribution in [3.05, 3.63) is 47.8 Å². The summed E-state index contributed by atoms with van der Waals surface area (Å²) in [6.45, 7) is 4.23. The van der Waals surface area contributed by atoms with Gasteiger partial charge < -0.3 is 15.0 Å². The highest BCUT2D eigenvalue weighted by Gasteiger charge is 2.37. The summed E-state index contributed by atoms with van der Waals surface area (Å²) in [5.41, 5.74) is 2.45. The van der Waals surface area contributed by atoms with E-state index in [1.54, 1.807) is 7.11 Å². The van der Waals surface area contributed by atoms with E-state index in [1.165, 1.54) is 18.4 Å². The standard InChI is InChI=1S/C22H30N4O2/c1-17-13-24-26(14-17)19-8-11-25(15-19)21(27)23-16-22(9-3-4-10-22)18-6-5-7-20(12-18)28-2/h5-7,12-14,19H,3-4,8-11,15-16H2,1-2H3,(H,23,27). The first kappa shape index (κ1) is 18.8. The van der Waals surface area contributed by atoms with Gasteiger partial charge >= 0.3 is 6.03 Å². The number of rotatable bonds is 5. The van der Waals surface area contributed by atoms with Gasteiger partial charge in [0.15, 0.2) is 0 Å². The maximum atomic E-state index is 12.8. The van der Waals surface area contributed by atoms with Gasteiger partial charge in [0, 0.05) is 31.2 Å². The van der Waals surface area contributed by atoms with Crippen LogP contribution in [0.2, 0.25) is 0 Å². The van der Waals surface area contributed by atoms with Crippen molar-refractivity contribution in [1.82, 2.24) is 20.0 Å². The van der Waals surface area contributed by atoms with Crippen LogP contribution < -0.4 is 10.1 Å². The monoisotopic (exact) mass is 382 g/mol. The molecule has 1 aromatic heterocycles. The van der Waals surface area contributed by atoms with Crippen LogP contribution in [0.3, 0.4) is 0 Å². The largest absolute Gasteiger partial charge is 0.497 e. The molecule has 2 aromatic rings. The number of amides is 2. The third-order valence-corrected chi connectivity index (χ3v) is 6.38. The van der Waals surface area contributed by atoms with Gasteiger partial charge in [0.2, 0.25) is 0 Å². The van der Waals surface area contributed by atoms with Gasteiger partial charge in [0.25, 0.3) is 0 Å². The molecule has 1 saturated carbocycles. The Kier molecular flexibility index (Phi) is 5.29. The Balaban J connectivity index is 1.40. The van der Waals surface area contributed by atoms with Crippen LogP contribution in [0.5, 0.6) is 5.75 Å². The molecular weight excluding hydrogens is 352 g/mol. The number of urea groups is 1. The molecule has 2 heterocycles. The number of methoxy groups -OCH3 is 1. The summed E-state index contributed by atoms with van der Waals surface area (Å²) in [7, 11) is 1.70. The van der Waals surface area contributed by atoms with Gasteiger partial charge in [-0.05, 0) is 49.4 Å². The fourth-order valence-corrected chi connectivity index (χ4v) is 4.70. The molecule has 2 amide bonds. The van der Waals surface area contributed by atoms with Crippen LogP contribution in [0, 0.1) is 6.92 Å². The Morgan fingerprint density at radius 1 is 1.36 bits per heavy atom. The lowest BCUT2D eigenvalue weighted by molar-refractivity contribution is 0.203. The number of benzene rings is 1. The topological polar surface area (TPSA) is 59.4 Å². The molecule has 2 fully saturated rings. The molecule has 1 saturated heterocycles. The number of hydrogen-bond donors (Lipinski definition) is 1. The molecule has 0 radical (unpaired) electrons. The summed E-state index contributed by atoms with van der Waals surface area (Å²) in [6.07, 6.45) is 9.51. The van der Waals surface area contributed by atoms with Crippen molar-refractivity contribution in [2.75, 3.05) is 26.7 Å². The Labute approximate surface area is 166 Å². The summed E-state index contributed by atoms with van der Waals surface area (Å²) in [6, 6.07) is 8.65. The minimum atomic E-state index is 0.0163. The summed E-state index contributed by atoms with van der Waals surface area (Å²) in [5.74, 6) is 0.881. The molecule has 0 bridgehead atoms. The molecule has 1 aromatic carbocycles. The van der Waals surface area contributed by atoms with Crippen molar-refractivity contribution >= 4 is 6.03 Å². The van der Waals surface area contributed by atoms with E-state index < -0.39 is 0 Å². The highest BCUT2D eigenvalue weighted by atomic mass is 16.5. The predicted octanol–water partition coefficient (Wildman–Crippen LogP) is 3.67. The minimum absolute atomic E-state index is 0.0163. The maximum absolute atomic E-state index is 12.8. The number of aromatic nitrogens is 2. The van der Waals surface area contributed by atoms with E-state index in [2.05, 4.69) is 28.7 Å². The second-order valence-electron chi connectivity index (χ2n) is 8.26. The van der Waals surface area contributed by atoms with E-state index in [-0.39, 0.29) is 17.5 Å². The average molecular weight is 383 g/mol. The number of carbonyl (C=O) groups is 1. The molecule has 1 aliphatic heterocycles. The van der Waals surface area contributed by atoms with Gasteiger partial charge in [-0.2, -0.15) is 5.10 Å². The van der Waals surface area contributed by atoms with Crippen molar-refractivity contribution in [1.29, 1.82) is 0 Å². The zero-order valence-corrected chi connectivity index (χ0v) is 16.9. The van der Waals surface area contributed by atoms with Crippen molar-refractivity contribution in [2.45, 2.75) is 50.5 Å². The fraction of sp³-hybridized carbons (Fsp3) is 0.545. The van der Waals surface area contributed by atoms with E-state index in [0.29, 0.717) is 6.54 Å². The van der Waals surface area contributed by atoms with E-state index in [4.69, 9.17) is 4.74 Å². The molecule has 6 heteroatoms. The highest BCUT2D eigenvalue weighted by molar-refractivity contribution is 5.74. The first-order valence-electron chi connectivity index (χ1n) is 10.3. The average Bonchev–Trinajstić information content (AvgIpc) is 3.47. The van der Waals surface area contributed by atoms with E-state index in [9.17, 15) is 4.79 Å². The first-order chi connectivity index (χ1) is 13.6. The van der Waals surface area contributed by atoms with Gasteiger partial charge in [-0.15, -0.1) is 0 Å².